The van der Waals surface area contributed by atoms with Crippen molar-refractivity contribution in [2.45, 2.75) is 25.5 Å². The zero-order valence-corrected chi connectivity index (χ0v) is 9.97. The Balaban J connectivity index is 1.90. The van der Waals surface area contributed by atoms with Gasteiger partial charge in [-0.05, 0) is 25.5 Å². The minimum Gasteiger partial charge on any atom is -0.384 e. The van der Waals surface area contributed by atoms with Crippen molar-refractivity contribution in [2.75, 3.05) is 18.0 Å². The van der Waals surface area contributed by atoms with Crippen molar-refractivity contribution < 1.29 is 9.90 Å². The van der Waals surface area contributed by atoms with Crippen LogP contribution in [0, 0.1) is 0 Å². The number of nitrogens with one attached hydrogen (secondary N) is 1. The third kappa shape index (κ3) is 2.97. The van der Waals surface area contributed by atoms with Crippen LogP contribution in [0.15, 0.2) is 30.3 Å². The number of carbonyl (C=O) groups excluding carboxylic acids is 1. The van der Waals surface area contributed by atoms with Crippen LogP contribution < -0.4 is 10.2 Å². The number of aliphatic hydroxyl groups excluding tert-OH is 1. The zero-order chi connectivity index (χ0) is 12.3. The molecule has 1 aliphatic rings. The fraction of sp³-hybridized carbons (Fsp3) is 0.462. The lowest BCUT2D eigenvalue weighted by atomic mass is 10.2. The average molecular weight is 234 g/mol. The van der Waals surface area contributed by atoms with E-state index in [0.29, 0.717) is 0 Å². The highest BCUT2D eigenvalue weighted by Crippen LogP contribution is 2.19. The minimum atomic E-state index is -0.930. The molecule has 1 heterocycles. The second-order valence-electron chi connectivity index (χ2n) is 4.45. The van der Waals surface area contributed by atoms with Gasteiger partial charge < -0.3 is 15.3 Å². The molecule has 1 aliphatic heterocycles. The number of nitrogens with zero attached hydrogens (tertiary/aromatic N) is 1. The van der Waals surface area contributed by atoms with Crippen LogP contribution in [0.2, 0.25) is 0 Å². The van der Waals surface area contributed by atoms with E-state index in [-0.39, 0.29) is 11.9 Å². The van der Waals surface area contributed by atoms with Crippen LogP contribution in [0.5, 0.6) is 0 Å². The van der Waals surface area contributed by atoms with Crippen LogP contribution in [0.3, 0.4) is 0 Å². The number of hydrogen-bond donors (Lipinski definition) is 2. The number of rotatable bonds is 3. The highest BCUT2D eigenvalue weighted by atomic mass is 16.3. The molecule has 4 heteroatoms. The molecule has 1 fully saturated rings. The zero-order valence-electron chi connectivity index (χ0n) is 9.97. The van der Waals surface area contributed by atoms with Crippen LogP contribution in [-0.4, -0.2) is 36.2 Å². The van der Waals surface area contributed by atoms with Crippen molar-refractivity contribution in [3.63, 3.8) is 0 Å². The van der Waals surface area contributed by atoms with Crippen molar-refractivity contribution in [1.82, 2.24) is 5.32 Å². The molecule has 1 amide bonds. The van der Waals surface area contributed by atoms with E-state index in [9.17, 15) is 4.79 Å². The Morgan fingerprint density at radius 1 is 1.47 bits per heavy atom. The number of anilines is 1. The lowest BCUT2D eigenvalue weighted by molar-refractivity contribution is -0.129. The summed E-state index contributed by atoms with van der Waals surface area (Å²) in [6.07, 6.45) is -0.00588. The Morgan fingerprint density at radius 3 is 2.82 bits per heavy atom. The van der Waals surface area contributed by atoms with Crippen LogP contribution in [0.1, 0.15) is 13.3 Å². The Morgan fingerprint density at radius 2 is 2.18 bits per heavy atom. The average Bonchev–Trinajstić information content (AvgIpc) is 2.78. The van der Waals surface area contributed by atoms with Crippen molar-refractivity contribution in [1.29, 1.82) is 0 Å². The first kappa shape index (κ1) is 11.9. The summed E-state index contributed by atoms with van der Waals surface area (Å²) in [5.74, 6) is -0.287. The standard InChI is InChI=1S/C13H18N2O2/c1-10(16)13(17)14-11-7-8-15(9-11)12-5-3-2-4-6-12/h2-6,10-11,16H,7-9H2,1H3,(H,14,17). The SMILES string of the molecule is CC(O)C(=O)NC1CCN(c2ccccc2)C1. The maximum absolute atomic E-state index is 11.4. The fourth-order valence-corrected chi connectivity index (χ4v) is 2.07. The molecular weight excluding hydrogens is 216 g/mol. The van der Waals surface area contributed by atoms with Gasteiger partial charge in [0.05, 0.1) is 0 Å². The maximum Gasteiger partial charge on any atom is 0.248 e. The molecule has 0 saturated carbocycles. The number of para-hydroxylation sites is 1. The van der Waals surface area contributed by atoms with Gasteiger partial charge in [-0.15, -0.1) is 0 Å². The first-order valence-corrected chi connectivity index (χ1v) is 5.95. The van der Waals surface area contributed by atoms with E-state index in [4.69, 9.17) is 5.11 Å². The lowest BCUT2D eigenvalue weighted by Gasteiger charge is -2.19. The Kier molecular flexibility index (Phi) is 3.64. The van der Waals surface area contributed by atoms with E-state index in [0.717, 1.165) is 19.5 Å². The number of carbonyl (C=O) groups is 1. The first-order chi connectivity index (χ1) is 8.16. The van der Waals surface area contributed by atoms with Gasteiger partial charge in [-0.25, -0.2) is 0 Å². The number of hydrogen-bond acceptors (Lipinski definition) is 3. The molecular formula is C13H18N2O2. The van der Waals surface area contributed by atoms with Crippen LogP contribution >= 0.6 is 0 Å². The molecule has 2 N–H and O–H groups in total. The molecule has 0 aromatic heterocycles. The van der Waals surface area contributed by atoms with E-state index in [1.165, 1.54) is 12.6 Å². The molecule has 2 unspecified atom stereocenters. The second kappa shape index (κ2) is 5.19. The van der Waals surface area contributed by atoms with Crippen LogP contribution in [0.4, 0.5) is 5.69 Å². The molecule has 0 bridgehead atoms. The monoisotopic (exact) mass is 234 g/mol. The molecule has 0 aliphatic carbocycles. The summed E-state index contributed by atoms with van der Waals surface area (Å²) in [7, 11) is 0. The lowest BCUT2D eigenvalue weighted by Crippen LogP contribution is -2.41. The van der Waals surface area contributed by atoms with E-state index >= 15 is 0 Å². The highest BCUT2D eigenvalue weighted by Gasteiger charge is 2.24. The molecule has 92 valence electrons. The van der Waals surface area contributed by atoms with Crippen molar-refractivity contribution in [3.8, 4) is 0 Å². The molecule has 2 atom stereocenters. The van der Waals surface area contributed by atoms with Crippen LogP contribution in [0.25, 0.3) is 0 Å². The molecule has 4 nitrogen and oxygen atoms in total. The number of amides is 1. The summed E-state index contributed by atoms with van der Waals surface area (Å²) < 4.78 is 0. The van der Waals surface area contributed by atoms with Crippen molar-refractivity contribution in [3.05, 3.63) is 30.3 Å². The van der Waals surface area contributed by atoms with E-state index in [1.54, 1.807) is 0 Å². The Hall–Kier alpha value is -1.55. The van der Waals surface area contributed by atoms with Gasteiger partial charge >= 0.3 is 0 Å². The summed E-state index contributed by atoms with van der Waals surface area (Å²) in [5, 5.41) is 12.0. The second-order valence-corrected chi connectivity index (χ2v) is 4.45. The molecule has 0 spiro atoms. The summed E-state index contributed by atoms with van der Waals surface area (Å²) in [4.78, 5) is 13.6. The summed E-state index contributed by atoms with van der Waals surface area (Å²) in [5.41, 5.74) is 1.18. The largest absolute Gasteiger partial charge is 0.384 e. The quantitative estimate of drug-likeness (QED) is 0.812. The van der Waals surface area contributed by atoms with Gasteiger partial charge in [-0.3, -0.25) is 4.79 Å². The molecule has 1 aromatic rings. The normalized spacial score (nSPS) is 21.3. The third-order valence-corrected chi connectivity index (χ3v) is 3.04. The van der Waals surface area contributed by atoms with Gasteiger partial charge in [0.25, 0.3) is 0 Å². The third-order valence-electron chi connectivity index (χ3n) is 3.04. The van der Waals surface area contributed by atoms with Gasteiger partial charge in [0.2, 0.25) is 5.91 Å². The predicted octanol–water partition coefficient (Wildman–Crippen LogP) is 0.762. The Bertz CT molecular complexity index is 378. The highest BCUT2D eigenvalue weighted by molar-refractivity contribution is 5.80. The maximum atomic E-state index is 11.4. The molecule has 1 aromatic carbocycles. The first-order valence-electron chi connectivity index (χ1n) is 5.95. The molecule has 1 saturated heterocycles. The smallest absolute Gasteiger partial charge is 0.248 e. The summed E-state index contributed by atoms with van der Waals surface area (Å²) >= 11 is 0. The predicted molar refractivity (Wildman–Crippen MR) is 66.9 cm³/mol. The van der Waals surface area contributed by atoms with Gasteiger partial charge in [-0.2, -0.15) is 0 Å². The van der Waals surface area contributed by atoms with E-state index < -0.39 is 6.10 Å². The number of aliphatic hydroxyl groups is 1. The van der Waals surface area contributed by atoms with E-state index in [1.807, 2.05) is 18.2 Å². The Labute approximate surface area is 101 Å². The summed E-state index contributed by atoms with van der Waals surface area (Å²) in [6, 6.07) is 10.3. The van der Waals surface area contributed by atoms with Gasteiger partial charge in [-0.1, -0.05) is 18.2 Å². The minimum absolute atomic E-state index is 0.136. The summed E-state index contributed by atoms with van der Waals surface area (Å²) in [6.45, 7) is 3.23. The van der Waals surface area contributed by atoms with Gasteiger partial charge in [0.1, 0.15) is 6.10 Å². The molecule has 17 heavy (non-hydrogen) atoms. The number of benzene rings is 1. The molecule has 0 radical (unpaired) electrons. The van der Waals surface area contributed by atoms with Gasteiger partial charge in [0.15, 0.2) is 0 Å². The van der Waals surface area contributed by atoms with Gasteiger partial charge in [0, 0.05) is 24.8 Å². The topological polar surface area (TPSA) is 52.6 Å². The fourth-order valence-electron chi connectivity index (χ4n) is 2.07. The van der Waals surface area contributed by atoms with Crippen LogP contribution in [-0.2, 0) is 4.79 Å². The van der Waals surface area contributed by atoms with Crippen molar-refractivity contribution in [2.24, 2.45) is 0 Å². The van der Waals surface area contributed by atoms with Crippen molar-refractivity contribution >= 4 is 11.6 Å². The molecule has 2 rings (SSSR count). The van der Waals surface area contributed by atoms with E-state index in [2.05, 4.69) is 22.3 Å².